The number of rotatable bonds is 7. The lowest BCUT2D eigenvalue weighted by atomic mass is 10.1. The van der Waals surface area contributed by atoms with E-state index in [4.69, 9.17) is 5.11 Å². The molecule has 2 N–H and O–H groups in total. The number of carbonyl (C=O) groups is 2. The average molecular weight is 294 g/mol. The van der Waals surface area contributed by atoms with Crippen LogP contribution in [0.25, 0.3) is 0 Å². The molecule has 21 heavy (non-hydrogen) atoms. The van der Waals surface area contributed by atoms with Crippen LogP contribution >= 0.6 is 0 Å². The third-order valence-corrected chi connectivity index (χ3v) is 3.12. The Morgan fingerprint density at radius 2 is 2.10 bits per heavy atom. The van der Waals surface area contributed by atoms with E-state index in [0.717, 1.165) is 6.42 Å². The molecule has 7 nitrogen and oxygen atoms in total. The number of nitro benzene ring substituents is 1. The number of unbranched alkanes of at least 4 members (excludes halogenated alkanes) is 1. The van der Waals surface area contributed by atoms with Crippen molar-refractivity contribution in [2.24, 2.45) is 0 Å². The molecule has 0 aliphatic carbocycles. The van der Waals surface area contributed by atoms with Crippen molar-refractivity contribution >= 4 is 17.6 Å². The molecule has 0 aliphatic heterocycles. The number of nitro groups is 1. The number of non-ortho nitro benzene ring substituents is 1. The number of hydrogen-bond acceptors (Lipinski definition) is 4. The first-order valence-corrected chi connectivity index (χ1v) is 6.65. The predicted molar refractivity (Wildman–Crippen MR) is 76.2 cm³/mol. The minimum absolute atomic E-state index is 0.107. The van der Waals surface area contributed by atoms with Gasteiger partial charge in [0, 0.05) is 17.7 Å². The monoisotopic (exact) mass is 294 g/mol. The van der Waals surface area contributed by atoms with E-state index in [-0.39, 0.29) is 11.3 Å². The summed E-state index contributed by atoms with van der Waals surface area (Å²) in [6.45, 7) is 3.50. The number of carbonyl (C=O) groups excluding carboxylic acids is 1. The average Bonchev–Trinajstić information content (AvgIpc) is 2.42. The van der Waals surface area contributed by atoms with Crippen molar-refractivity contribution in [2.45, 2.75) is 39.2 Å². The van der Waals surface area contributed by atoms with Crippen molar-refractivity contribution in [3.63, 3.8) is 0 Å². The van der Waals surface area contributed by atoms with Crippen LogP contribution in [0.5, 0.6) is 0 Å². The van der Waals surface area contributed by atoms with E-state index in [2.05, 4.69) is 5.32 Å². The highest BCUT2D eigenvalue weighted by Crippen LogP contribution is 2.17. The number of aliphatic carboxylic acids is 1. The van der Waals surface area contributed by atoms with E-state index in [1.807, 2.05) is 6.92 Å². The highest BCUT2D eigenvalue weighted by molar-refractivity contribution is 5.98. The Balaban J connectivity index is 2.87. The summed E-state index contributed by atoms with van der Waals surface area (Å²) in [5.41, 5.74) is 0.564. The number of aryl methyl sites for hydroxylation is 1. The fourth-order valence-corrected chi connectivity index (χ4v) is 1.92. The molecule has 1 aromatic carbocycles. The lowest BCUT2D eigenvalue weighted by molar-refractivity contribution is -0.384. The second-order valence-corrected chi connectivity index (χ2v) is 4.76. The molecule has 0 radical (unpaired) electrons. The van der Waals surface area contributed by atoms with E-state index in [9.17, 15) is 19.7 Å². The molecular formula is C14H18N2O5. The summed E-state index contributed by atoms with van der Waals surface area (Å²) in [5.74, 6) is -1.62. The quantitative estimate of drug-likeness (QED) is 0.592. The Morgan fingerprint density at radius 3 is 2.57 bits per heavy atom. The molecule has 1 rings (SSSR count). The fraction of sp³-hybridized carbons (Fsp3) is 0.429. The zero-order valence-corrected chi connectivity index (χ0v) is 12.0. The number of nitrogens with one attached hydrogen (secondary N) is 1. The number of nitrogens with zero attached hydrogens (tertiary/aromatic N) is 1. The molecule has 0 aliphatic rings. The SMILES string of the molecule is CCCC[C@H](NC(=O)c1ccc([N+](=O)[O-])cc1C)C(=O)O. The molecule has 0 bridgehead atoms. The van der Waals surface area contributed by atoms with Crippen molar-refractivity contribution < 1.29 is 19.6 Å². The molecule has 0 saturated carbocycles. The maximum Gasteiger partial charge on any atom is 0.326 e. The maximum atomic E-state index is 12.1. The summed E-state index contributed by atoms with van der Waals surface area (Å²) in [6, 6.07) is 2.90. The van der Waals surface area contributed by atoms with Crippen LogP contribution in [0, 0.1) is 17.0 Å². The molecule has 1 aromatic rings. The number of carboxylic acid groups (broad SMARTS) is 1. The van der Waals surface area contributed by atoms with Gasteiger partial charge in [-0.25, -0.2) is 4.79 Å². The van der Waals surface area contributed by atoms with E-state index < -0.39 is 22.8 Å². The second kappa shape index (κ2) is 7.37. The van der Waals surface area contributed by atoms with Gasteiger partial charge in [0.15, 0.2) is 0 Å². The Hall–Kier alpha value is -2.44. The first-order chi connectivity index (χ1) is 9.86. The summed E-state index contributed by atoms with van der Waals surface area (Å²) in [7, 11) is 0. The van der Waals surface area contributed by atoms with Crippen molar-refractivity contribution in [1.29, 1.82) is 0 Å². The maximum absolute atomic E-state index is 12.1. The standard InChI is InChI=1S/C14H18N2O5/c1-3-4-5-12(14(18)19)15-13(17)11-7-6-10(16(20)21)8-9(11)2/h6-8,12H,3-5H2,1-2H3,(H,15,17)(H,18,19)/t12-/m0/s1. The van der Waals surface area contributed by atoms with E-state index in [1.54, 1.807) is 6.92 Å². The molecule has 0 aromatic heterocycles. The van der Waals surface area contributed by atoms with Gasteiger partial charge in [-0.05, 0) is 25.0 Å². The van der Waals surface area contributed by atoms with Gasteiger partial charge in [0.05, 0.1) is 4.92 Å². The fourth-order valence-electron chi connectivity index (χ4n) is 1.92. The first kappa shape index (κ1) is 16.6. The van der Waals surface area contributed by atoms with Crippen LogP contribution in [-0.4, -0.2) is 27.9 Å². The number of amides is 1. The van der Waals surface area contributed by atoms with Crippen LogP contribution in [0.1, 0.15) is 42.1 Å². The van der Waals surface area contributed by atoms with Crippen LogP contribution in [0.15, 0.2) is 18.2 Å². The topological polar surface area (TPSA) is 110 Å². The Morgan fingerprint density at radius 1 is 1.43 bits per heavy atom. The lowest BCUT2D eigenvalue weighted by Gasteiger charge is -2.15. The van der Waals surface area contributed by atoms with Gasteiger partial charge < -0.3 is 10.4 Å². The Labute approximate surface area is 122 Å². The van der Waals surface area contributed by atoms with Gasteiger partial charge in [0.25, 0.3) is 11.6 Å². The van der Waals surface area contributed by atoms with Gasteiger partial charge in [0.2, 0.25) is 0 Å². The van der Waals surface area contributed by atoms with Gasteiger partial charge in [-0.3, -0.25) is 14.9 Å². The summed E-state index contributed by atoms with van der Waals surface area (Å²) >= 11 is 0. The number of hydrogen-bond donors (Lipinski definition) is 2. The zero-order valence-electron chi connectivity index (χ0n) is 12.0. The van der Waals surface area contributed by atoms with Crippen molar-refractivity contribution in [3.05, 3.63) is 39.4 Å². The van der Waals surface area contributed by atoms with Crippen molar-refractivity contribution in [1.82, 2.24) is 5.32 Å². The molecule has 0 saturated heterocycles. The lowest BCUT2D eigenvalue weighted by Crippen LogP contribution is -2.40. The van der Waals surface area contributed by atoms with Crippen LogP contribution in [0.4, 0.5) is 5.69 Å². The third-order valence-electron chi connectivity index (χ3n) is 3.12. The molecule has 0 heterocycles. The van der Waals surface area contributed by atoms with Crippen LogP contribution in [0.2, 0.25) is 0 Å². The molecule has 0 fully saturated rings. The Kier molecular flexibility index (Phi) is 5.83. The molecule has 1 atom stereocenters. The van der Waals surface area contributed by atoms with Crippen LogP contribution < -0.4 is 5.32 Å². The Bertz CT molecular complexity index is 556. The van der Waals surface area contributed by atoms with Gasteiger partial charge in [-0.15, -0.1) is 0 Å². The number of benzene rings is 1. The normalized spacial score (nSPS) is 11.7. The van der Waals surface area contributed by atoms with Crippen molar-refractivity contribution in [3.8, 4) is 0 Å². The van der Waals surface area contributed by atoms with E-state index in [0.29, 0.717) is 18.4 Å². The summed E-state index contributed by atoms with van der Waals surface area (Å²) in [4.78, 5) is 33.3. The summed E-state index contributed by atoms with van der Waals surface area (Å²) < 4.78 is 0. The minimum atomic E-state index is -1.09. The largest absolute Gasteiger partial charge is 0.480 e. The number of carboxylic acids is 1. The predicted octanol–water partition coefficient (Wildman–Crippen LogP) is 2.28. The van der Waals surface area contributed by atoms with Gasteiger partial charge >= 0.3 is 5.97 Å². The summed E-state index contributed by atoms with van der Waals surface area (Å²) in [5, 5.41) is 22.2. The van der Waals surface area contributed by atoms with E-state index >= 15 is 0 Å². The van der Waals surface area contributed by atoms with Crippen molar-refractivity contribution in [2.75, 3.05) is 0 Å². The molecule has 0 spiro atoms. The van der Waals surface area contributed by atoms with Gasteiger partial charge in [-0.1, -0.05) is 19.8 Å². The van der Waals surface area contributed by atoms with Crippen LogP contribution in [-0.2, 0) is 4.79 Å². The molecule has 7 heteroatoms. The third kappa shape index (κ3) is 4.55. The molecule has 114 valence electrons. The highest BCUT2D eigenvalue weighted by atomic mass is 16.6. The van der Waals surface area contributed by atoms with Crippen LogP contribution in [0.3, 0.4) is 0 Å². The molecular weight excluding hydrogens is 276 g/mol. The summed E-state index contributed by atoms with van der Waals surface area (Å²) in [6.07, 6.45) is 1.87. The second-order valence-electron chi connectivity index (χ2n) is 4.76. The minimum Gasteiger partial charge on any atom is -0.480 e. The van der Waals surface area contributed by atoms with E-state index in [1.165, 1.54) is 18.2 Å². The molecule has 0 unspecified atom stereocenters. The smallest absolute Gasteiger partial charge is 0.326 e. The van der Waals surface area contributed by atoms with Gasteiger partial charge in [-0.2, -0.15) is 0 Å². The molecule has 1 amide bonds. The zero-order chi connectivity index (χ0) is 16.0. The van der Waals surface area contributed by atoms with Gasteiger partial charge in [0.1, 0.15) is 6.04 Å². The highest BCUT2D eigenvalue weighted by Gasteiger charge is 2.21. The first-order valence-electron chi connectivity index (χ1n) is 6.65.